The summed E-state index contributed by atoms with van der Waals surface area (Å²) in [5.41, 5.74) is 1.36. The molecule has 0 radical (unpaired) electrons. The summed E-state index contributed by atoms with van der Waals surface area (Å²) in [5, 5.41) is 0. The highest BCUT2D eigenvalue weighted by atomic mass is 79.9. The van der Waals surface area contributed by atoms with Crippen molar-refractivity contribution in [2.24, 2.45) is 11.8 Å². The number of aromatic nitrogens is 1. The molecule has 6 heteroatoms. The molecule has 1 saturated carbocycles. The van der Waals surface area contributed by atoms with Crippen LogP contribution in [0.4, 0.5) is 5.82 Å². The first-order chi connectivity index (χ1) is 14.0. The fourth-order valence-electron chi connectivity index (χ4n) is 4.77. The summed E-state index contributed by atoms with van der Waals surface area (Å²) in [6, 6.07) is 12.7. The van der Waals surface area contributed by atoms with Crippen LogP contribution in [0.3, 0.4) is 0 Å². The minimum Gasteiger partial charge on any atom is -0.483 e. The summed E-state index contributed by atoms with van der Waals surface area (Å²) in [7, 11) is 0. The molecule has 5 rings (SSSR count). The highest BCUT2D eigenvalue weighted by Gasteiger charge is 2.53. The van der Waals surface area contributed by atoms with Gasteiger partial charge in [-0.25, -0.2) is 4.98 Å². The average molecular weight is 453 g/mol. The second-order valence-electron chi connectivity index (χ2n) is 8.11. The molecule has 4 unspecified atom stereocenters. The Morgan fingerprint density at radius 3 is 2.62 bits per heavy atom. The number of anilines is 1. The standard InChI is InChI=1S/C23H21BrN2O3/c1-13-5-10-17-16(12-13)21(27)19-20(14-6-8-15(24)9-7-14)26(23(28)22(19)29-17)18-4-2-3-11-25-18/h2-4,6-9,11,13,16-17,20H,5,10,12H2,1H3. The van der Waals surface area contributed by atoms with Gasteiger partial charge in [-0.3, -0.25) is 14.5 Å². The fourth-order valence-corrected chi connectivity index (χ4v) is 5.03. The van der Waals surface area contributed by atoms with Crippen LogP contribution in [-0.4, -0.2) is 22.8 Å². The minimum absolute atomic E-state index is 0.0579. The number of fused-ring (bicyclic) bond motifs is 1. The number of hydrogen-bond acceptors (Lipinski definition) is 4. The van der Waals surface area contributed by atoms with E-state index >= 15 is 0 Å². The number of halogens is 1. The molecule has 0 saturated heterocycles. The van der Waals surface area contributed by atoms with Crippen molar-refractivity contribution >= 4 is 33.4 Å². The number of nitrogens with zero attached hydrogens (tertiary/aromatic N) is 2. The van der Waals surface area contributed by atoms with Gasteiger partial charge in [-0.05, 0) is 55.0 Å². The van der Waals surface area contributed by atoms with Crippen LogP contribution in [0.1, 0.15) is 37.8 Å². The maximum atomic E-state index is 13.6. The van der Waals surface area contributed by atoms with Crippen molar-refractivity contribution in [3.8, 4) is 0 Å². The predicted octanol–water partition coefficient (Wildman–Crippen LogP) is 4.59. The first kappa shape index (κ1) is 18.6. The summed E-state index contributed by atoms with van der Waals surface area (Å²) in [6.07, 6.45) is 4.10. The largest absolute Gasteiger partial charge is 0.483 e. The van der Waals surface area contributed by atoms with Gasteiger partial charge in [0, 0.05) is 10.7 Å². The van der Waals surface area contributed by atoms with Gasteiger partial charge >= 0.3 is 0 Å². The molecule has 4 atom stereocenters. The Kier molecular flexibility index (Phi) is 4.54. The summed E-state index contributed by atoms with van der Waals surface area (Å²) in [5.74, 6) is 0.824. The van der Waals surface area contributed by atoms with Crippen LogP contribution in [0, 0.1) is 11.8 Å². The molecular formula is C23H21BrN2O3. The molecule has 0 bridgehead atoms. The zero-order chi connectivity index (χ0) is 20.1. The van der Waals surface area contributed by atoms with E-state index in [0.29, 0.717) is 17.3 Å². The van der Waals surface area contributed by atoms with Crippen molar-refractivity contribution in [1.82, 2.24) is 4.98 Å². The Morgan fingerprint density at radius 2 is 1.90 bits per heavy atom. The Labute approximate surface area is 177 Å². The lowest BCUT2D eigenvalue weighted by Crippen LogP contribution is -2.41. The topological polar surface area (TPSA) is 59.5 Å². The van der Waals surface area contributed by atoms with E-state index in [4.69, 9.17) is 4.74 Å². The van der Waals surface area contributed by atoms with Crippen LogP contribution in [0.15, 0.2) is 64.5 Å². The zero-order valence-corrected chi connectivity index (χ0v) is 17.6. The maximum Gasteiger partial charge on any atom is 0.295 e. The summed E-state index contributed by atoms with van der Waals surface area (Å²) < 4.78 is 7.14. The third kappa shape index (κ3) is 3.01. The number of ketones is 1. The molecule has 0 spiro atoms. The molecule has 3 aliphatic rings. The summed E-state index contributed by atoms with van der Waals surface area (Å²) >= 11 is 3.46. The SMILES string of the molecule is CC1CCC2OC3=C(C(=O)C2C1)C(c1ccc(Br)cc1)N(c1ccccn1)C3=O. The van der Waals surface area contributed by atoms with Gasteiger partial charge in [0.25, 0.3) is 5.91 Å². The lowest BCUT2D eigenvalue weighted by molar-refractivity contribution is -0.132. The Balaban J connectivity index is 1.64. The highest BCUT2D eigenvalue weighted by Crippen LogP contribution is 2.48. The maximum absolute atomic E-state index is 13.6. The molecule has 148 valence electrons. The first-order valence-electron chi connectivity index (χ1n) is 9.99. The number of carbonyl (C=O) groups is 2. The van der Waals surface area contributed by atoms with Crippen molar-refractivity contribution in [1.29, 1.82) is 0 Å². The number of rotatable bonds is 2. The molecule has 0 N–H and O–H groups in total. The van der Waals surface area contributed by atoms with Gasteiger partial charge in [0.05, 0.1) is 17.5 Å². The van der Waals surface area contributed by atoms with Gasteiger partial charge in [-0.2, -0.15) is 0 Å². The molecule has 2 aliphatic heterocycles. The van der Waals surface area contributed by atoms with E-state index in [1.165, 1.54) is 0 Å². The van der Waals surface area contributed by atoms with Crippen molar-refractivity contribution in [2.45, 2.75) is 38.3 Å². The third-order valence-electron chi connectivity index (χ3n) is 6.19. The van der Waals surface area contributed by atoms with Crippen molar-refractivity contribution in [2.75, 3.05) is 4.90 Å². The van der Waals surface area contributed by atoms with Crippen LogP contribution in [0.25, 0.3) is 0 Å². The Bertz CT molecular complexity index is 1000. The predicted molar refractivity (Wildman–Crippen MR) is 112 cm³/mol. The van der Waals surface area contributed by atoms with Gasteiger partial charge < -0.3 is 4.74 Å². The number of pyridine rings is 1. The number of ether oxygens (including phenoxy) is 1. The Hall–Kier alpha value is -2.47. The fraction of sp³-hybridized carbons (Fsp3) is 0.348. The summed E-state index contributed by atoms with van der Waals surface area (Å²) in [4.78, 5) is 33.0. The first-order valence-corrected chi connectivity index (χ1v) is 10.8. The molecule has 2 aromatic rings. The zero-order valence-electron chi connectivity index (χ0n) is 16.0. The second kappa shape index (κ2) is 7.10. The van der Waals surface area contributed by atoms with Gasteiger partial charge in [0.2, 0.25) is 0 Å². The minimum atomic E-state index is -0.522. The van der Waals surface area contributed by atoms with E-state index in [1.807, 2.05) is 36.4 Å². The van der Waals surface area contributed by atoms with E-state index in [9.17, 15) is 9.59 Å². The van der Waals surface area contributed by atoms with Crippen molar-refractivity contribution in [3.63, 3.8) is 0 Å². The quantitative estimate of drug-likeness (QED) is 0.668. The molecule has 1 aromatic carbocycles. The highest BCUT2D eigenvalue weighted by molar-refractivity contribution is 9.10. The molecule has 1 amide bonds. The number of amides is 1. The van der Waals surface area contributed by atoms with Crippen LogP contribution < -0.4 is 4.90 Å². The lowest BCUT2D eigenvalue weighted by Gasteiger charge is -2.37. The van der Waals surface area contributed by atoms with E-state index in [-0.39, 0.29) is 29.5 Å². The summed E-state index contributed by atoms with van der Waals surface area (Å²) in [6.45, 7) is 2.18. The molecule has 5 nitrogen and oxygen atoms in total. The number of benzene rings is 1. The second-order valence-corrected chi connectivity index (χ2v) is 9.02. The lowest BCUT2D eigenvalue weighted by atomic mass is 9.74. The van der Waals surface area contributed by atoms with Crippen molar-refractivity contribution in [3.05, 3.63) is 70.0 Å². The normalized spacial score (nSPS) is 28.8. The van der Waals surface area contributed by atoms with E-state index in [1.54, 1.807) is 17.2 Å². The van der Waals surface area contributed by atoms with Gasteiger partial charge in [0.1, 0.15) is 11.9 Å². The van der Waals surface area contributed by atoms with Crippen LogP contribution in [0.5, 0.6) is 0 Å². The van der Waals surface area contributed by atoms with E-state index in [2.05, 4.69) is 27.8 Å². The smallest absolute Gasteiger partial charge is 0.295 e. The van der Waals surface area contributed by atoms with Crippen LogP contribution in [-0.2, 0) is 14.3 Å². The molecule has 1 fully saturated rings. The average Bonchev–Trinajstić information content (AvgIpc) is 3.03. The molecule has 1 aliphatic carbocycles. The van der Waals surface area contributed by atoms with E-state index in [0.717, 1.165) is 29.3 Å². The number of carbonyl (C=O) groups excluding carboxylic acids is 2. The van der Waals surface area contributed by atoms with Crippen molar-refractivity contribution < 1.29 is 14.3 Å². The third-order valence-corrected chi connectivity index (χ3v) is 6.72. The van der Waals surface area contributed by atoms with Gasteiger partial charge in [-0.1, -0.05) is 41.1 Å². The number of Topliss-reactive ketones (excluding diaryl/α,β-unsaturated/α-hetero) is 1. The van der Waals surface area contributed by atoms with Gasteiger partial charge in [-0.15, -0.1) is 0 Å². The molecular weight excluding hydrogens is 432 g/mol. The van der Waals surface area contributed by atoms with Gasteiger partial charge in [0.15, 0.2) is 11.5 Å². The Morgan fingerprint density at radius 1 is 1.10 bits per heavy atom. The van der Waals surface area contributed by atoms with Crippen LogP contribution in [0.2, 0.25) is 0 Å². The molecule has 3 heterocycles. The van der Waals surface area contributed by atoms with Crippen LogP contribution >= 0.6 is 15.9 Å². The monoisotopic (exact) mass is 452 g/mol. The van der Waals surface area contributed by atoms with E-state index < -0.39 is 6.04 Å². The number of hydrogen-bond donors (Lipinski definition) is 0. The molecule has 29 heavy (non-hydrogen) atoms. The molecule has 1 aromatic heterocycles.